The molecule has 0 aromatic rings. The lowest BCUT2D eigenvalue weighted by atomic mass is 9.89. The van der Waals surface area contributed by atoms with Gasteiger partial charge in [0.1, 0.15) is 0 Å². The van der Waals surface area contributed by atoms with Gasteiger partial charge in [-0.3, -0.25) is 0 Å². The smallest absolute Gasteiger partial charge is 0.0623 e. The molecule has 0 aromatic carbocycles. The summed E-state index contributed by atoms with van der Waals surface area (Å²) in [5, 5.41) is 0. The van der Waals surface area contributed by atoms with Crippen molar-refractivity contribution in [3.63, 3.8) is 0 Å². The molecule has 0 amide bonds. The molecule has 0 heterocycles. The summed E-state index contributed by atoms with van der Waals surface area (Å²) in [5.41, 5.74) is 6.20. The Kier molecular flexibility index (Phi) is 4.66. The number of hydrogen-bond acceptors (Lipinski definition) is 2. The maximum Gasteiger partial charge on any atom is 0.0623 e. The van der Waals surface area contributed by atoms with Gasteiger partial charge < -0.3 is 10.5 Å². The van der Waals surface area contributed by atoms with Crippen molar-refractivity contribution in [3.8, 4) is 0 Å². The fraction of sp³-hybridized carbons (Fsp3) is 1.00. The fourth-order valence-electron chi connectivity index (χ4n) is 3.16. The fourth-order valence-corrected chi connectivity index (χ4v) is 3.16. The van der Waals surface area contributed by atoms with Crippen LogP contribution >= 0.6 is 0 Å². The Hall–Kier alpha value is -0.0800. The highest BCUT2D eigenvalue weighted by atomic mass is 16.5. The lowest BCUT2D eigenvalue weighted by molar-refractivity contribution is 0.00613. The third kappa shape index (κ3) is 3.46. The highest BCUT2D eigenvalue weighted by Gasteiger charge is 2.24. The predicted octanol–water partition coefficient (Wildman–Crippen LogP) is 3.10. The minimum Gasteiger partial charge on any atom is -0.377 e. The van der Waals surface area contributed by atoms with Crippen LogP contribution in [0.5, 0.6) is 0 Å². The van der Waals surface area contributed by atoms with Gasteiger partial charge in [0.2, 0.25) is 0 Å². The quantitative estimate of drug-likeness (QED) is 0.798. The van der Waals surface area contributed by atoms with Crippen molar-refractivity contribution in [2.45, 2.75) is 70.4 Å². The first-order chi connectivity index (χ1) is 7.75. The molecule has 2 aliphatic carbocycles. The second-order valence-electron chi connectivity index (χ2n) is 5.92. The first kappa shape index (κ1) is 12.4. The van der Waals surface area contributed by atoms with E-state index in [1.807, 2.05) is 0 Å². The van der Waals surface area contributed by atoms with Gasteiger partial charge in [-0.2, -0.15) is 0 Å². The van der Waals surface area contributed by atoms with E-state index in [0.29, 0.717) is 12.1 Å². The van der Waals surface area contributed by atoms with Gasteiger partial charge >= 0.3 is 0 Å². The van der Waals surface area contributed by atoms with E-state index in [4.69, 9.17) is 10.5 Å². The van der Waals surface area contributed by atoms with Crippen LogP contribution in [0.1, 0.15) is 58.3 Å². The van der Waals surface area contributed by atoms with E-state index in [0.717, 1.165) is 18.4 Å². The van der Waals surface area contributed by atoms with E-state index < -0.39 is 0 Å². The molecular weight excluding hydrogens is 198 g/mol. The molecule has 16 heavy (non-hydrogen) atoms. The molecule has 0 aromatic heterocycles. The summed E-state index contributed by atoms with van der Waals surface area (Å²) in [7, 11) is 0. The van der Waals surface area contributed by atoms with Gasteiger partial charge in [0.25, 0.3) is 0 Å². The molecule has 0 aliphatic heterocycles. The monoisotopic (exact) mass is 225 g/mol. The molecule has 2 rings (SSSR count). The second-order valence-corrected chi connectivity index (χ2v) is 5.92. The molecule has 2 N–H and O–H groups in total. The van der Waals surface area contributed by atoms with Crippen LogP contribution in [0.3, 0.4) is 0 Å². The standard InChI is InChI=1S/C14H27NO/c1-11-6-8-13(9-7-11)16-10-14(15)12-4-2-3-5-12/h11-14H,2-10,15H2,1H3. The predicted molar refractivity (Wildman–Crippen MR) is 67.3 cm³/mol. The lowest BCUT2D eigenvalue weighted by Crippen LogP contribution is -2.35. The molecule has 1 atom stereocenters. The van der Waals surface area contributed by atoms with Crippen LogP contribution in [0.2, 0.25) is 0 Å². The summed E-state index contributed by atoms with van der Waals surface area (Å²) in [6, 6.07) is 0.293. The van der Waals surface area contributed by atoms with E-state index in [1.165, 1.54) is 51.4 Å². The Morgan fingerprint density at radius 1 is 1.06 bits per heavy atom. The summed E-state index contributed by atoms with van der Waals surface area (Å²) in [4.78, 5) is 0. The van der Waals surface area contributed by atoms with Gasteiger partial charge in [0.15, 0.2) is 0 Å². The number of hydrogen-bond donors (Lipinski definition) is 1. The Bertz CT molecular complexity index is 193. The van der Waals surface area contributed by atoms with E-state index >= 15 is 0 Å². The van der Waals surface area contributed by atoms with Gasteiger partial charge in [-0.1, -0.05) is 19.8 Å². The summed E-state index contributed by atoms with van der Waals surface area (Å²) >= 11 is 0. The van der Waals surface area contributed by atoms with Gasteiger partial charge in [-0.05, 0) is 50.4 Å². The molecule has 1 unspecified atom stereocenters. The Labute approximate surface area is 99.9 Å². The van der Waals surface area contributed by atoms with Crippen molar-refractivity contribution in [3.05, 3.63) is 0 Å². The number of nitrogens with two attached hydrogens (primary N) is 1. The van der Waals surface area contributed by atoms with E-state index in [-0.39, 0.29) is 0 Å². The van der Waals surface area contributed by atoms with Crippen LogP contribution in [-0.4, -0.2) is 18.8 Å². The summed E-state index contributed by atoms with van der Waals surface area (Å²) in [5.74, 6) is 1.64. The average Bonchev–Trinajstić information content (AvgIpc) is 2.81. The van der Waals surface area contributed by atoms with Crippen LogP contribution in [0.25, 0.3) is 0 Å². The molecule has 0 saturated heterocycles. The van der Waals surface area contributed by atoms with Crippen molar-refractivity contribution >= 4 is 0 Å². The molecule has 2 fully saturated rings. The van der Waals surface area contributed by atoms with Crippen molar-refractivity contribution in [1.29, 1.82) is 0 Å². The minimum atomic E-state index is 0.293. The SMILES string of the molecule is CC1CCC(OCC(N)C2CCCC2)CC1. The third-order valence-corrected chi connectivity index (χ3v) is 4.49. The zero-order chi connectivity index (χ0) is 11.4. The maximum atomic E-state index is 6.20. The van der Waals surface area contributed by atoms with Gasteiger partial charge in [-0.15, -0.1) is 0 Å². The largest absolute Gasteiger partial charge is 0.377 e. The molecule has 2 heteroatoms. The van der Waals surface area contributed by atoms with E-state index in [9.17, 15) is 0 Å². The molecular formula is C14H27NO. The van der Waals surface area contributed by atoms with Crippen LogP contribution in [0.4, 0.5) is 0 Å². The summed E-state index contributed by atoms with van der Waals surface area (Å²) in [6.45, 7) is 3.14. The molecule has 0 spiro atoms. The van der Waals surface area contributed by atoms with E-state index in [2.05, 4.69) is 6.92 Å². The highest BCUT2D eigenvalue weighted by Crippen LogP contribution is 2.29. The van der Waals surface area contributed by atoms with Crippen LogP contribution < -0.4 is 5.73 Å². The molecule has 0 bridgehead atoms. The molecule has 2 nitrogen and oxygen atoms in total. The Morgan fingerprint density at radius 3 is 2.31 bits per heavy atom. The zero-order valence-corrected chi connectivity index (χ0v) is 10.7. The highest BCUT2D eigenvalue weighted by molar-refractivity contribution is 4.78. The molecule has 2 aliphatic rings. The molecule has 0 radical (unpaired) electrons. The molecule has 94 valence electrons. The van der Waals surface area contributed by atoms with Crippen LogP contribution in [0, 0.1) is 11.8 Å². The van der Waals surface area contributed by atoms with Crippen LogP contribution in [-0.2, 0) is 4.74 Å². The second kappa shape index (κ2) is 6.02. The molecule has 2 saturated carbocycles. The summed E-state index contributed by atoms with van der Waals surface area (Å²) < 4.78 is 5.98. The first-order valence-electron chi connectivity index (χ1n) is 7.13. The maximum absolute atomic E-state index is 6.20. The van der Waals surface area contributed by atoms with E-state index in [1.54, 1.807) is 0 Å². The number of ether oxygens (including phenoxy) is 1. The van der Waals surface area contributed by atoms with Crippen molar-refractivity contribution in [2.75, 3.05) is 6.61 Å². The Morgan fingerprint density at radius 2 is 1.69 bits per heavy atom. The normalized spacial score (nSPS) is 34.1. The van der Waals surface area contributed by atoms with Crippen molar-refractivity contribution in [2.24, 2.45) is 17.6 Å². The number of rotatable bonds is 4. The lowest BCUT2D eigenvalue weighted by Gasteiger charge is -2.28. The zero-order valence-electron chi connectivity index (χ0n) is 10.7. The third-order valence-electron chi connectivity index (χ3n) is 4.49. The minimum absolute atomic E-state index is 0.293. The van der Waals surface area contributed by atoms with Gasteiger partial charge in [0, 0.05) is 6.04 Å². The van der Waals surface area contributed by atoms with Crippen molar-refractivity contribution < 1.29 is 4.74 Å². The van der Waals surface area contributed by atoms with Gasteiger partial charge in [0.05, 0.1) is 12.7 Å². The Balaban J connectivity index is 1.62. The van der Waals surface area contributed by atoms with Crippen molar-refractivity contribution in [1.82, 2.24) is 0 Å². The topological polar surface area (TPSA) is 35.2 Å². The average molecular weight is 225 g/mol. The van der Waals surface area contributed by atoms with Gasteiger partial charge in [-0.25, -0.2) is 0 Å². The first-order valence-corrected chi connectivity index (χ1v) is 7.13. The van der Waals surface area contributed by atoms with Crippen LogP contribution in [0.15, 0.2) is 0 Å². The summed E-state index contributed by atoms with van der Waals surface area (Å²) in [6.07, 6.45) is 11.1.